The standard InChI is InChI=1S/C32H32BrN7OS/c1-5-16-40(4)23-8-10-24(11-9-23)42-28-14-6-21(32(41)39-29-15-7-22(33)18-34-29)17-27(28)38-31-25-12-13-26(20(2)3)37-30(25)35-19-36-31/h6-15,17-20H,5,16H2,1-4H3,(H,34,39,41)(H,35,36,37,38). The molecule has 0 bridgehead atoms. The summed E-state index contributed by atoms with van der Waals surface area (Å²) < 4.78 is 0.838. The van der Waals surface area contributed by atoms with Gasteiger partial charge in [-0.15, -0.1) is 0 Å². The Kier molecular flexibility index (Phi) is 9.34. The van der Waals surface area contributed by atoms with Crippen LogP contribution in [0.25, 0.3) is 11.0 Å². The van der Waals surface area contributed by atoms with Crippen LogP contribution in [0.4, 0.5) is 23.0 Å². The summed E-state index contributed by atoms with van der Waals surface area (Å²) in [5.41, 5.74) is 4.00. The predicted molar refractivity (Wildman–Crippen MR) is 175 cm³/mol. The van der Waals surface area contributed by atoms with Crippen LogP contribution in [0.15, 0.2) is 93.5 Å². The Bertz CT molecular complexity index is 1690. The number of hydrogen-bond donors (Lipinski definition) is 2. The molecule has 42 heavy (non-hydrogen) atoms. The van der Waals surface area contributed by atoms with Gasteiger partial charge in [0.15, 0.2) is 5.65 Å². The summed E-state index contributed by atoms with van der Waals surface area (Å²) in [5.74, 6) is 1.11. The van der Waals surface area contributed by atoms with Gasteiger partial charge in [-0.05, 0) is 95.0 Å². The highest BCUT2D eigenvalue weighted by atomic mass is 79.9. The van der Waals surface area contributed by atoms with Crippen molar-refractivity contribution in [2.45, 2.75) is 42.9 Å². The van der Waals surface area contributed by atoms with Crippen LogP contribution in [0.1, 0.15) is 49.2 Å². The third kappa shape index (κ3) is 7.06. The highest BCUT2D eigenvalue weighted by Gasteiger charge is 2.15. The van der Waals surface area contributed by atoms with Crippen molar-refractivity contribution in [2.75, 3.05) is 29.1 Å². The first-order chi connectivity index (χ1) is 20.3. The Morgan fingerprint density at radius 1 is 1.00 bits per heavy atom. The molecule has 2 N–H and O–H groups in total. The fourth-order valence-corrected chi connectivity index (χ4v) is 5.48. The summed E-state index contributed by atoms with van der Waals surface area (Å²) in [6.07, 6.45) is 4.24. The molecule has 0 aliphatic heterocycles. The number of rotatable bonds is 10. The third-order valence-corrected chi connectivity index (χ3v) is 8.19. The molecule has 8 nitrogen and oxygen atoms in total. The maximum absolute atomic E-state index is 13.2. The molecule has 10 heteroatoms. The molecule has 214 valence electrons. The number of halogens is 1. The average Bonchev–Trinajstić information content (AvgIpc) is 2.99. The first-order valence-electron chi connectivity index (χ1n) is 13.8. The number of aromatic nitrogens is 4. The van der Waals surface area contributed by atoms with E-state index in [4.69, 9.17) is 4.98 Å². The van der Waals surface area contributed by atoms with Crippen molar-refractivity contribution < 1.29 is 4.79 Å². The first kappa shape index (κ1) is 29.5. The lowest BCUT2D eigenvalue weighted by molar-refractivity contribution is 0.102. The summed E-state index contributed by atoms with van der Waals surface area (Å²) >= 11 is 4.99. The van der Waals surface area contributed by atoms with Crippen LogP contribution < -0.4 is 15.5 Å². The normalized spacial score (nSPS) is 11.1. The number of nitrogens with zero attached hydrogens (tertiary/aromatic N) is 5. The average molecular weight is 643 g/mol. The van der Waals surface area contributed by atoms with Gasteiger partial charge in [-0.3, -0.25) is 4.79 Å². The molecule has 0 spiro atoms. The molecule has 3 aromatic heterocycles. The Hall–Kier alpha value is -4.02. The second-order valence-corrected chi connectivity index (χ2v) is 12.2. The van der Waals surface area contributed by atoms with E-state index >= 15 is 0 Å². The van der Waals surface area contributed by atoms with Crippen molar-refractivity contribution >= 4 is 67.6 Å². The molecule has 0 atom stereocenters. The molecule has 0 saturated carbocycles. The van der Waals surface area contributed by atoms with E-state index in [0.717, 1.165) is 44.0 Å². The van der Waals surface area contributed by atoms with E-state index in [1.807, 2.05) is 36.4 Å². The van der Waals surface area contributed by atoms with Crippen LogP contribution in [-0.2, 0) is 0 Å². The summed E-state index contributed by atoms with van der Waals surface area (Å²) in [6, 6.07) is 21.7. The van der Waals surface area contributed by atoms with Crippen LogP contribution >= 0.6 is 27.7 Å². The summed E-state index contributed by atoms with van der Waals surface area (Å²) in [4.78, 5) is 35.4. The van der Waals surface area contributed by atoms with E-state index in [1.54, 1.807) is 24.0 Å². The van der Waals surface area contributed by atoms with Gasteiger partial charge in [0.05, 0.1) is 11.1 Å². The van der Waals surface area contributed by atoms with Crippen LogP contribution in [0.2, 0.25) is 0 Å². The van der Waals surface area contributed by atoms with Gasteiger partial charge < -0.3 is 15.5 Å². The molecule has 5 rings (SSSR count). The zero-order valence-electron chi connectivity index (χ0n) is 23.9. The molecule has 5 aromatic rings. The van der Waals surface area contributed by atoms with Crippen LogP contribution in [0.5, 0.6) is 0 Å². The van der Waals surface area contributed by atoms with Gasteiger partial charge in [0.1, 0.15) is 18.0 Å². The largest absolute Gasteiger partial charge is 0.375 e. The number of amides is 1. The van der Waals surface area contributed by atoms with E-state index in [1.165, 1.54) is 12.0 Å². The Labute approximate surface area is 258 Å². The minimum atomic E-state index is -0.261. The molecule has 0 aliphatic rings. The second-order valence-electron chi connectivity index (χ2n) is 10.2. The van der Waals surface area contributed by atoms with Gasteiger partial charge in [-0.1, -0.05) is 32.5 Å². The Morgan fingerprint density at radius 3 is 2.52 bits per heavy atom. The number of anilines is 4. The lowest BCUT2D eigenvalue weighted by Crippen LogP contribution is -2.17. The van der Waals surface area contributed by atoms with Gasteiger partial charge in [0, 0.05) is 51.0 Å². The fourth-order valence-electron chi connectivity index (χ4n) is 4.36. The third-order valence-electron chi connectivity index (χ3n) is 6.64. The molecule has 0 unspecified atom stereocenters. The first-order valence-corrected chi connectivity index (χ1v) is 15.4. The minimum absolute atomic E-state index is 0.261. The monoisotopic (exact) mass is 641 g/mol. The molecule has 3 heterocycles. The number of benzene rings is 2. The van der Waals surface area contributed by atoms with Crippen molar-refractivity contribution in [3.05, 3.63) is 95.0 Å². The summed E-state index contributed by atoms with van der Waals surface area (Å²) in [7, 11) is 2.10. The van der Waals surface area contributed by atoms with E-state index in [9.17, 15) is 4.79 Å². The fraction of sp³-hybridized carbons (Fsp3) is 0.219. The number of nitrogens with one attached hydrogen (secondary N) is 2. The number of carbonyl (C=O) groups is 1. The Balaban J connectivity index is 1.48. The number of fused-ring (bicyclic) bond motifs is 1. The van der Waals surface area contributed by atoms with Crippen LogP contribution in [0.3, 0.4) is 0 Å². The molecule has 0 radical (unpaired) electrons. The topological polar surface area (TPSA) is 95.9 Å². The number of hydrogen-bond acceptors (Lipinski definition) is 8. The van der Waals surface area contributed by atoms with Crippen molar-refractivity contribution in [2.24, 2.45) is 0 Å². The zero-order valence-corrected chi connectivity index (χ0v) is 26.3. The molecule has 0 saturated heterocycles. The van der Waals surface area contributed by atoms with E-state index < -0.39 is 0 Å². The highest BCUT2D eigenvalue weighted by Crippen LogP contribution is 2.37. The number of pyridine rings is 2. The van der Waals surface area contributed by atoms with E-state index in [0.29, 0.717) is 22.8 Å². The van der Waals surface area contributed by atoms with Gasteiger partial charge in [0.25, 0.3) is 5.91 Å². The van der Waals surface area contributed by atoms with Crippen molar-refractivity contribution in [1.29, 1.82) is 0 Å². The molecular weight excluding hydrogens is 610 g/mol. The smallest absolute Gasteiger partial charge is 0.256 e. The molecule has 0 aliphatic carbocycles. The predicted octanol–water partition coefficient (Wildman–Crippen LogP) is 8.30. The van der Waals surface area contributed by atoms with Crippen molar-refractivity contribution in [1.82, 2.24) is 19.9 Å². The minimum Gasteiger partial charge on any atom is -0.375 e. The summed E-state index contributed by atoms with van der Waals surface area (Å²) in [5, 5.41) is 7.15. The molecule has 0 fully saturated rings. The lowest BCUT2D eigenvalue weighted by Gasteiger charge is -2.19. The van der Waals surface area contributed by atoms with Gasteiger partial charge >= 0.3 is 0 Å². The van der Waals surface area contributed by atoms with Crippen molar-refractivity contribution in [3.8, 4) is 0 Å². The lowest BCUT2D eigenvalue weighted by atomic mass is 10.1. The van der Waals surface area contributed by atoms with E-state index in [2.05, 4.69) is 98.5 Å². The second kappa shape index (κ2) is 13.3. The molecule has 2 aromatic carbocycles. The zero-order chi connectivity index (χ0) is 29.6. The van der Waals surface area contributed by atoms with Crippen LogP contribution in [0, 0.1) is 0 Å². The van der Waals surface area contributed by atoms with Gasteiger partial charge in [0.2, 0.25) is 0 Å². The Morgan fingerprint density at radius 2 is 1.81 bits per heavy atom. The van der Waals surface area contributed by atoms with Gasteiger partial charge in [-0.2, -0.15) is 0 Å². The molecular formula is C32H32BrN7OS. The molecule has 1 amide bonds. The van der Waals surface area contributed by atoms with E-state index in [-0.39, 0.29) is 11.8 Å². The van der Waals surface area contributed by atoms with Crippen molar-refractivity contribution in [3.63, 3.8) is 0 Å². The quantitative estimate of drug-likeness (QED) is 0.157. The van der Waals surface area contributed by atoms with Crippen LogP contribution in [-0.4, -0.2) is 39.4 Å². The number of carbonyl (C=O) groups excluding carboxylic acids is 1. The SMILES string of the molecule is CCCN(C)c1ccc(Sc2ccc(C(=O)Nc3ccc(Br)cn3)cc2Nc2ncnc3nc(C(C)C)ccc23)cc1. The maximum Gasteiger partial charge on any atom is 0.256 e. The summed E-state index contributed by atoms with van der Waals surface area (Å²) in [6.45, 7) is 7.38. The maximum atomic E-state index is 13.2. The van der Waals surface area contributed by atoms with Gasteiger partial charge in [-0.25, -0.2) is 19.9 Å². The highest BCUT2D eigenvalue weighted by molar-refractivity contribution is 9.10.